The molecule has 1 aliphatic heterocycles. The quantitative estimate of drug-likeness (QED) is 0.894. The van der Waals surface area contributed by atoms with Crippen LogP contribution in [0.25, 0.3) is 0 Å². The maximum absolute atomic E-state index is 5.74. The fourth-order valence-corrected chi connectivity index (χ4v) is 3.36. The highest BCUT2D eigenvalue weighted by atomic mass is 16.5. The van der Waals surface area contributed by atoms with Gasteiger partial charge >= 0.3 is 0 Å². The van der Waals surface area contributed by atoms with E-state index in [1.807, 2.05) is 6.07 Å². The minimum Gasteiger partial charge on any atom is -0.490 e. The summed E-state index contributed by atoms with van der Waals surface area (Å²) < 4.78 is 11.4. The summed E-state index contributed by atoms with van der Waals surface area (Å²) in [5, 5.41) is 3.65. The Balaban J connectivity index is 1.35. The molecule has 1 aromatic rings. The van der Waals surface area contributed by atoms with E-state index in [-0.39, 0.29) is 0 Å². The Labute approximate surface area is 120 Å². The summed E-state index contributed by atoms with van der Waals surface area (Å²) in [7, 11) is 0. The van der Waals surface area contributed by atoms with Crippen LogP contribution in [0.4, 0.5) is 0 Å². The molecule has 3 aliphatic rings. The second-order valence-corrected chi connectivity index (χ2v) is 6.57. The van der Waals surface area contributed by atoms with E-state index in [2.05, 4.69) is 17.4 Å². The van der Waals surface area contributed by atoms with Crippen molar-refractivity contribution in [2.45, 2.75) is 38.6 Å². The molecule has 0 spiro atoms. The molecule has 0 atom stereocenters. The first-order valence-corrected chi connectivity index (χ1v) is 7.95. The normalized spacial score (nSPS) is 23.2. The van der Waals surface area contributed by atoms with Gasteiger partial charge < -0.3 is 14.8 Å². The van der Waals surface area contributed by atoms with Crippen molar-refractivity contribution in [2.24, 2.45) is 11.3 Å². The van der Waals surface area contributed by atoms with Gasteiger partial charge in [0.15, 0.2) is 11.5 Å². The van der Waals surface area contributed by atoms with Gasteiger partial charge in [0.2, 0.25) is 0 Å². The van der Waals surface area contributed by atoms with Gasteiger partial charge in [-0.1, -0.05) is 6.07 Å². The number of rotatable bonds is 5. The lowest BCUT2D eigenvalue weighted by Gasteiger charge is -2.15. The minimum atomic E-state index is 0.672. The molecule has 0 amide bonds. The molecule has 108 valence electrons. The van der Waals surface area contributed by atoms with E-state index in [1.54, 1.807) is 0 Å². The van der Waals surface area contributed by atoms with Gasteiger partial charge in [-0.2, -0.15) is 0 Å². The summed E-state index contributed by atoms with van der Waals surface area (Å²) in [6.45, 7) is 3.64. The van der Waals surface area contributed by atoms with Gasteiger partial charge in [-0.05, 0) is 54.7 Å². The summed E-state index contributed by atoms with van der Waals surface area (Å²) >= 11 is 0. The van der Waals surface area contributed by atoms with Gasteiger partial charge in [0.05, 0.1) is 13.2 Å². The molecule has 0 aromatic heterocycles. The predicted molar refractivity (Wildman–Crippen MR) is 78.1 cm³/mol. The van der Waals surface area contributed by atoms with Crippen LogP contribution in [0.1, 0.15) is 37.7 Å². The third-order valence-electron chi connectivity index (χ3n) is 4.95. The molecule has 1 N–H and O–H groups in total. The maximum atomic E-state index is 5.74. The van der Waals surface area contributed by atoms with Crippen LogP contribution in [0.3, 0.4) is 0 Å². The molecule has 0 saturated heterocycles. The molecule has 2 aliphatic carbocycles. The molecule has 4 rings (SSSR count). The maximum Gasteiger partial charge on any atom is 0.161 e. The lowest BCUT2D eigenvalue weighted by Crippen LogP contribution is -2.25. The van der Waals surface area contributed by atoms with Crippen molar-refractivity contribution in [1.29, 1.82) is 0 Å². The lowest BCUT2D eigenvalue weighted by molar-refractivity contribution is 0.297. The van der Waals surface area contributed by atoms with Crippen LogP contribution in [-0.4, -0.2) is 19.8 Å². The van der Waals surface area contributed by atoms with E-state index in [9.17, 15) is 0 Å². The van der Waals surface area contributed by atoms with Crippen LogP contribution in [0.2, 0.25) is 0 Å². The fourth-order valence-electron chi connectivity index (χ4n) is 3.36. The van der Waals surface area contributed by atoms with E-state index >= 15 is 0 Å². The molecule has 20 heavy (non-hydrogen) atoms. The molecule has 1 heterocycles. The van der Waals surface area contributed by atoms with Crippen molar-refractivity contribution in [3.8, 4) is 11.5 Å². The van der Waals surface area contributed by atoms with Gasteiger partial charge in [0, 0.05) is 19.5 Å². The second-order valence-electron chi connectivity index (χ2n) is 6.57. The average molecular weight is 273 g/mol. The molecule has 2 fully saturated rings. The van der Waals surface area contributed by atoms with Gasteiger partial charge in [-0.15, -0.1) is 0 Å². The summed E-state index contributed by atoms with van der Waals surface area (Å²) in [6.07, 6.45) is 6.77. The Morgan fingerprint density at radius 1 is 1.10 bits per heavy atom. The van der Waals surface area contributed by atoms with Crippen LogP contribution in [0, 0.1) is 11.3 Å². The van der Waals surface area contributed by atoms with Crippen molar-refractivity contribution in [3.63, 3.8) is 0 Å². The Morgan fingerprint density at radius 3 is 2.65 bits per heavy atom. The highest BCUT2D eigenvalue weighted by Crippen LogP contribution is 2.60. The van der Waals surface area contributed by atoms with Gasteiger partial charge in [-0.25, -0.2) is 0 Å². The van der Waals surface area contributed by atoms with E-state index < -0.39 is 0 Å². The molecule has 0 radical (unpaired) electrons. The number of hydrogen-bond donors (Lipinski definition) is 1. The first kappa shape index (κ1) is 12.5. The van der Waals surface area contributed by atoms with E-state index in [4.69, 9.17) is 9.47 Å². The molecular formula is C17H23NO2. The highest BCUT2D eigenvalue weighted by Gasteiger charge is 2.53. The summed E-state index contributed by atoms with van der Waals surface area (Å²) in [4.78, 5) is 0. The largest absolute Gasteiger partial charge is 0.490 e. The number of fused-ring (bicyclic) bond motifs is 1. The first-order chi connectivity index (χ1) is 9.86. The summed E-state index contributed by atoms with van der Waals surface area (Å²) in [5.41, 5.74) is 1.96. The zero-order chi connectivity index (χ0) is 13.4. The molecule has 1 aromatic carbocycles. The molecule has 3 heteroatoms. The third kappa shape index (κ3) is 2.51. The van der Waals surface area contributed by atoms with Crippen molar-refractivity contribution in [3.05, 3.63) is 23.8 Å². The molecule has 3 nitrogen and oxygen atoms in total. The van der Waals surface area contributed by atoms with E-state index in [1.165, 1.54) is 37.8 Å². The number of ether oxygens (including phenoxy) is 2. The zero-order valence-electron chi connectivity index (χ0n) is 12.0. The summed E-state index contributed by atoms with van der Waals surface area (Å²) in [6, 6.07) is 6.33. The van der Waals surface area contributed by atoms with Crippen molar-refractivity contribution >= 4 is 0 Å². The monoisotopic (exact) mass is 273 g/mol. The molecule has 0 bridgehead atoms. The van der Waals surface area contributed by atoms with E-state index in [0.717, 1.165) is 43.6 Å². The van der Waals surface area contributed by atoms with E-state index in [0.29, 0.717) is 5.41 Å². The Hall–Kier alpha value is -1.22. The van der Waals surface area contributed by atoms with Crippen molar-refractivity contribution in [1.82, 2.24) is 5.32 Å². The minimum absolute atomic E-state index is 0.672. The Kier molecular flexibility index (Phi) is 3.10. The number of benzene rings is 1. The highest BCUT2D eigenvalue weighted by molar-refractivity contribution is 5.43. The molecule has 2 saturated carbocycles. The lowest BCUT2D eigenvalue weighted by atomic mass is 10.0. The molecule has 0 unspecified atom stereocenters. The standard InChI is InChI=1S/C17H23NO2/c1-8-19-15-5-2-13(10-16(15)20-9-1)11-18-12-17(6-7-17)14-3-4-14/h2,5,10,14,18H,1,3-4,6-9,11-12H2. The van der Waals surface area contributed by atoms with Crippen LogP contribution >= 0.6 is 0 Å². The first-order valence-electron chi connectivity index (χ1n) is 7.95. The zero-order valence-corrected chi connectivity index (χ0v) is 12.0. The van der Waals surface area contributed by atoms with Crippen LogP contribution in [-0.2, 0) is 6.54 Å². The Morgan fingerprint density at radius 2 is 1.90 bits per heavy atom. The predicted octanol–water partition coefficient (Wildman–Crippen LogP) is 3.13. The van der Waals surface area contributed by atoms with Gasteiger partial charge in [0.1, 0.15) is 0 Å². The third-order valence-corrected chi connectivity index (χ3v) is 4.95. The Bertz CT molecular complexity index is 492. The van der Waals surface area contributed by atoms with Crippen LogP contribution < -0.4 is 14.8 Å². The molecular weight excluding hydrogens is 250 g/mol. The number of nitrogens with one attached hydrogen (secondary N) is 1. The van der Waals surface area contributed by atoms with Crippen molar-refractivity contribution in [2.75, 3.05) is 19.8 Å². The topological polar surface area (TPSA) is 30.5 Å². The summed E-state index contributed by atoms with van der Waals surface area (Å²) in [5.74, 6) is 2.83. The SMILES string of the molecule is c1cc2c(cc1CNCC1(C3CC3)CC1)OCCCO2. The second kappa shape index (κ2) is 4.96. The van der Waals surface area contributed by atoms with Gasteiger partial charge in [-0.3, -0.25) is 0 Å². The average Bonchev–Trinajstić information content (AvgIpc) is 3.30. The number of hydrogen-bond acceptors (Lipinski definition) is 3. The van der Waals surface area contributed by atoms with Crippen LogP contribution in [0.5, 0.6) is 11.5 Å². The van der Waals surface area contributed by atoms with Gasteiger partial charge in [0.25, 0.3) is 0 Å². The van der Waals surface area contributed by atoms with Crippen LogP contribution in [0.15, 0.2) is 18.2 Å². The smallest absolute Gasteiger partial charge is 0.161 e. The van der Waals surface area contributed by atoms with Crippen molar-refractivity contribution < 1.29 is 9.47 Å². The fraction of sp³-hybridized carbons (Fsp3) is 0.647.